The molecular formula is C90H62N4O2. The summed E-state index contributed by atoms with van der Waals surface area (Å²) in [6.07, 6.45) is 0. The summed E-state index contributed by atoms with van der Waals surface area (Å²) in [7, 11) is 0. The summed E-state index contributed by atoms with van der Waals surface area (Å²) in [5, 5.41) is 13.5. The highest BCUT2D eigenvalue weighted by atomic mass is 16.3. The molecule has 0 amide bonds. The average Bonchev–Trinajstić information content (AvgIpc) is 1.68. The van der Waals surface area contributed by atoms with Crippen molar-refractivity contribution in [3.8, 4) is 11.1 Å². The third-order valence-corrected chi connectivity index (χ3v) is 19.0. The van der Waals surface area contributed by atoms with Gasteiger partial charge in [0.2, 0.25) is 0 Å². The van der Waals surface area contributed by atoms with Gasteiger partial charge in [0.25, 0.3) is 0 Å². The lowest BCUT2D eigenvalue weighted by Gasteiger charge is -2.28. The second-order valence-electron chi connectivity index (χ2n) is 25.1. The number of furan rings is 2. The van der Waals surface area contributed by atoms with Crippen LogP contribution in [0.1, 0.15) is 11.1 Å². The zero-order valence-electron chi connectivity index (χ0n) is 52.9. The van der Waals surface area contributed by atoms with Gasteiger partial charge in [-0.15, -0.1) is 0 Å². The van der Waals surface area contributed by atoms with Crippen LogP contribution in [0.5, 0.6) is 0 Å². The van der Waals surface area contributed by atoms with E-state index in [-0.39, 0.29) is 0 Å². The van der Waals surface area contributed by atoms with Gasteiger partial charge < -0.3 is 28.4 Å². The molecule has 96 heavy (non-hydrogen) atoms. The molecule has 2 heterocycles. The molecule has 16 aromatic carbocycles. The molecule has 0 fully saturated rings. The second-order valence-corrected chi connectivity index (χ2v) is 25.1. The van der Waals surface area contributed by atoms with Gasteiger partial charge in [-0.05, 0) is 267 Å². The van der Waals surface area contributed by atoms with Gasteiger partial charge in [0.1, 0.15) is 22.3 Å². The molecule has 0 atom stereocenters. The molecule has 0 aliphatic heterocycles. The number of benzene rings is 16. The van der Waals surface area contributed by atoms with Crippen molar-refractivity contribution < 1.29 is 8.83 Å². The number of hydrogen-bond acceptors (Lipinski definition) is 6. The minimum atomic E-state index is 0.859. The Hall–Kier alpha value is -12.6. The van der Waals surface area contributed by atoms with Gasteiger partial charge >= 0.3 is 0 Å². The van der Waals surface area contributed by atoms with Gasteiger partial charge in [0.05, 0.1) is 0 Å². The Kier molecular flexibility index (Phi) is 13.6. The quantitative estimate of drug-likeness (QED) is 0.115. The molecule has 454 valence electrons. The third-order valence-electron chi connectivity index (χ3n) is 19.0. The van der Waals surface area contributed by atoms with Crippen LogP contribution in [0.3, 0.4) is 0 Å². The highest BCUT2D eigenvalue weighted by Crippen LogP contribution is 2.46. The van der Waals surface area contributed by atoms with E-state index < -0.39 is 0 Å². The summed E-state index contributed by atoms with van der Waals surface area (Å²) in [5.74, 6) is 0. The summed E-state index contributed by atoms with van der Waals surface area (Å²) < 4.78 is 13.6. The molecule has 0 bridgehead atoms. The fourth-order valence-corrected chi connectivity index (χ4v) is 14.4. The smallest absolute Gasteiger partial charge is 0.136 e. The Morgan fingerprint density at radius 2 is 0.490 bits per heavy atom. The Bertz CT molecular complexity index is 5970. The van der Waals surface area contributed by atoms with Crippen molar-refractivity contribution in [1.29, 1.82) is 0 Å². The van der Waals surface area contributed by atoms with E-state index in [0.29, 0.717) is 0 Å². The minimum absolute atomic E-state index is 0.859. The molecule has 6 nitrogen and oxygen atoms in total. The first-order chi connectivity index (χ1) is 47.3. The summed E-state index contributed by atoms with van der Waals surface area (Å²) in [6, 6.07) is 122. The van der Waals surface area contributed by atoms with Crippen molar-refractivity contribution in [3.05, 3.63) is 351 Å². The van der Waals surface area contributed by atoms with E-state index >= 15 is 0 Å². The van der Waals surface area contributed by atoms with Gasteiger partial charge in [0.15, 0.2) is 0 Å². The first kappa shape index (κ1) is 56.1. The van der Waals surface area contributed by atoms with E-state index in [1.54, 1.807) is 0 Å². The molecule has 0 N–H and O–H groups in total. The lowest BCUT2D eigenvalue weighted by Crippen LogP contribution is -2.11. The molecule has 0 saturated carbocycles. The van der Waals surface area contributed by atoms with Crippen LogP contribution >= 0.6 is 0 Å². The number of fused-ring (bicyclic) bond motifs is 10. The van der Waals surface area contributed by atoms with Crippen LogP contribution in [0.2, 0.25) is 0 Å². The lowest BCUT2D eigenvalue weighted by atomic mass is 9.99. The van der Waals surface area contributed by atoms with Gasteiger partial charge in [-0.2, -0.15) is 0 Å². The summed E-state index contributed by atoms with van der Waals surface area (Å²) in [6.45, 7) is 4.39. The standard InChI is InChI=1S/C90H62N4O2/c1-59-21-18-19-34-85(59)93(74-29-14-6-15-30-74)79-42-37-65-53-83-84-54-66-38-43-80(50-70(66)58-90(84)96-89(83)57-69(65)49-79)94(75-31-16-7-17-32-75)86-44-39-62(45-60(86)2)61-22-20-33-76(46-61)92(73-27-12-5-13-28-73)78-41-36-64-52-82-81-51-63-35-40-77(47-67(63)55-87(81)95-88(82)56-68(64)48-78)91(71-23-8-3-9-24-71)72-25-10-4-11-26-72/h3-58H,1-2H3. The number of nitrogens with zero attached hydrogens (tertiary/aromatic N) is 4. The molecule has 0 radical (unpaired) electrons. The van der Waals surface area contributed by atoms with E-state index in [9.17, 15) is 0 Å². The maximum absolute atomic E-state index is 6.82. The normalized spacial score (nSPS) is 11.6. The van der Waals surface area contributed by atoms with Crippen LogP contribution in [0.4, 0.5) is 68.2 Å². The van der Waals surface area contributed by atoms with Crippen molar-refractivity contribution in [3.63, 3.8) is 0 Å². The predicted molar refractivity (Wildman–Crippen MR) is 405 cm³/mol. The molecule has 0 spiro atoms. The third kappa shape index (κ3) is 9.99. The van der Waals surface area contributed by atoms with Crippen LogP contribution < -0.4 is 19.6 Å². The topological polar surface area (TPSA) is 39.2 Å². The van der Waals surface area contributed by atoms with Crippen LogP contribution in [-0.4, -0.2) is 0 Å². The van der Waals surface area contributed by atoms with Crippen molar-refractivity contribution >= 4 is 155 Å². The highest BCUT2D eigenvalue weighted by Gasteiger charge is 2.22. The van der Waals surface area contributed by atoms with Crippen molar-refractivity contribution in [1.82, 2.24) is 0 Å². The summed E-state index contributed by atoms with van der Waals surface area (Å²) >= 11 is 0. The van der Waals surface area contributed by atoms with E-state index in [1.807, 2.05) is 0 Å². The maximum Gasteiger partial charge on any atom is 0.136 e. The van der Waals surface area contributed by atoms with Crippen LogP contribution in [-0.2, 0) is 0 Å². The Labute approximate surface area is 556 Å². The number of anilines is 12. The van der Waals surface area contributed by atoms with E-state index in [1.165, 1.54) is 5.56 Å². The molecule has 6 heteroatoms. The lowest BCUT2D eigenvalue weighted by molar-refractivity contribution is 0.669. The molecule has 18 aromatic rings. The number of aryl methyl sites for hydroxylation is 2. The minimum Gasteiger partial charge on any atom is -0.456 e. The monoisotopic (exact) mass is 1230 g/mol. The van der Waals surface area contributed by atoms with E-state index in [2.05, 4.69) is 373 Å². The van der Waals surface area contributed by atoms with Gasteiger partial charge in [-0.3, -0.25) is 0 Å². The molecule has 0 aliphatic carbocycles. The molecule has 18 rings (SSSR count). The van der Waals surface area contributed by atoms with Crippen LogP contribution in [0.25, 0.3) is 98.1 Å². The molecular weight excluding hydrogens is 1170 g/mol. The summed E-state index contributed by atoms with van der Waals surface area (Å²) in [4.78, 5) is 9.37. The van der Waals surface area contributed by atoms with Crippen molar-refractivity contribution in [2.24, 2.45) is 0 Å². The molecule has 2 aromatic heterocycles. The van der Waals surface area contributed by atoms with E-state index in [0.717, 1.165) is 172 Å². The number of hydrogen-bond donors (Lipinski definition) is 0. The zero-order valence-corrected chi connectivity index (χ0v) is 52.9. The van der Waals surface area contributed by atoms with Crippen molar-refractivity contribution in [2.75, 3.05) is 19.6 Å². The Morgan fingerprint density at radius 3 is 0.865 bits per heavy atom. The van der Waals surface area contributed by atoms with Crippen LogP contribution in [0.15, 0.2) is 349 Å². The Balaban J connectivity index is 0.661. The fraction of sp³-hybridized carbons (Fsp3) is 0.0222. The average molecular weight is 1230 g/mol. The van der Waals surface area contributed by atoms with Crippen molar-refractivity contribution in [2.45, 2.75) is 13.8 Å². The number of rotatable bonds is 13. The van der Waals surface area contributed by atoms with Crippen LogP contribution in [0, 0.1) is 13.8 Å². The van der Waals surface area contributed by atoms with Gasteiger partial charge in [-0.25, -0.2) is 0 Å². The number of para-hydroxylation sites is 6. The van der Waals surface area contributed by atoms with E-state index in [4.69, 9.17) is 8.83 Å². The fourth-order valence-electron chi connectivity index (χ4n) is 14.4. The highest BCUT2D eigenvalue weighted by molar-refractivity contribution is 6.16. The first-order valence-electron chi connectivity index (χ1n) is 32.8. The molecule has 0 unspecified atom stereocenters. The zero-order chi connectivity index (χ0) is 63.8. The first-order valence-corrected chi connectivity index (χ1v) is 32.8. The second kappa shape index (κ2) is 23.2. The van der Waals surface area contributed by atoms with Gasteiger partial charge in [-0.1, -0.05) is 152 Å². The largest absolute Gasteiger partial charge is 0.456 e. The van der Waals surface area contributed by atoms with Gasteiger partial charge in [0, 0.05) is 89.8 Å². The molecule has 0 saturated heterocycles. The predicted octanol–water partition coefficient (Wildman–Crippen LogP) is 26.3. The SMILES string of the molecule is Cc1ccccc1N(c1ccccc1)c1ccc2cc3c(cc2c1)oc1cc2cc(N(c4ccccc4)c4ccc(-c5cccc(N(c6ccccc6)c6ccc7cc8c(cc7c6)oc6cc7cc(N(c9ccccc9)c9ccccc9)ccc7cc68)c5)cc4C)ccc2cc13. The Morgan fingerprint density at radius 1 is 0.188 bits per heavy atom. The summed E-state index contributed by atoms with van der Waals surface area (Å²) in [5.41, 5.74) is 21.1. The molecule has 0 aliphatic rings. The maximum atomic E-state index is 6.82.